The third-order valence-electron chi connectivity index (χ3n) is 0.433. The Kier molecular flexibility index (Phi) is 10.8. The SMILES string of the molecule is CC=[C](C)[Sn].I. The standard InChI is InChI=1S/C4H7.HI.Sn/c1-3-4-2;;/h3H,1-2H3;1H;. The van der Waals surface area contributed by atoms with E-state index >= 15 is 0 Å². The predicted molar refractivity (Wildman–Crippen MR) is 40.6 cm³/mol. The van der Waals surface area contributed by atoms with Crippen molar-refractivity contribution in [3.8, 4) is 0 Å². The maximum Gasteiger partial charge on any atom is -0.107 e. The molecule has 0 heterocycles. The fourth-order valence-corrected chi connectivity index (χ4v) is 0. The molecule has 0 fully saturated rings. The van der Waals surface area contributed by atoms with Gasteiger partial charge in [0.1, 0.15) is 0 Å². The molecule has 0 aromatic rings. The van der Waals surface area contributed by atoms with Gasteiger partial charge in [-0.05, 0) is 0 Å². The van der Waals surface area contributed by atoms with Crippen molar-refractivity contribution in [2.75, 3.05) is 0 Å². The first-order valence-electron chi connectivity index (χ1n) is 1.62. The zero-order valence-electron chi connectivity index (χ0n) is 3.99. The van der Waals surface area contributed by atoms with E-state index in [2.05, 4.69) is 19.9 Å². The number of hydrogen-bond acceptors (Lipinski definition) is 0. The molecule has 35 valence electrons. The van der Waals surface area contributed by atoms with E-state index in [1.807, 2.05) is 0 Å². The summed E-state index contributed by atoms with van der Waals surface area (Å²) in [5.41, 5.74) is 0. The van der Waals surface area contributed by atoms with Gasteiger partial charge in [0.2, 0.25) is 0 Å². The van der Waals surface area contributed by atoms with Gasteiger partial charge in [0.15, 0.2) is 0 Å². The van der Waals surface area contributed by atoms with Crippen LogP contribution in [0.3, 0.4) is 0 Å². The Labute approximate surface area is 69.5 Å². The number of halogens is 1. The molecule has 0 aliphatic carbocycles. The van der Waals surface area contributed by atoms with Crippen LogP contribution in [0, 0.1) is 0 Å². The van der Waals surface area contributed by atoms with Gasteiger partial charge in [-0.3, -0.25) is 0 Å². The molecule has 0 unspecified atom stereocenters. The minimum atomic E-state index is 0. The molecular formula is C4H8ISn. The Morgan fingerprint density at radius 1 is 1.67 bits per heavy atom. The fraction of sp³-hybridized carbons (Fsp3) is 0.500. The topological polar surface area (TPSA) is 0 Å². The summed E-state index contributed by atoms with van der Waals surface area (Å²) in [6.45, 7) is 4.18. The smallest absolute Gasteiger partial charge is 0.107 e. The zero-order valence-corrected chi connectivity index (χ0v) is 9.17. The molecule has 0 saturated carbocycles. The molecule has 2 heteroatoms. The van der Waals surface area contributed by atoms with Crippen LogP contribution >= 0.6 is 24.0 Å². The number of allylic oxidation sites excluding steroid dienone is 2. The van der Waals surface area contributed by atoms with E-state index in [0.29, 0.717) is 0 Å². The van der Waals surface area contributed by atoms with E-state index in [1.54, 1.807) is 0 Å². The van der Waals surface area contributed by atoms with Crippen molar-refractivity contribution in [2.45, 2.75) is 13.8 Å². The van der Waals surface area contributed by atoms with E-state index in [0.717, 1.165) is 0 Å². The number of rotatable bonds is 0. The molecule has 3 radical (unpaired) electrons. The van der Waals surface area contributed by atoms with Crippen LogP contribution in [-0.2, 0) is 0 Å². The van der Waals surface area contributed by atoms with Crippen LogP contribution in [0.5, 0.6) is 0 Å². The van der Waals surface area contributed by atoms with Crippen molar-refractivity contribution in [1.82, 2.24) is 0 Å². The molecule has 0 spiro atoms. The molecule has 0 amide bonds. The van der Waals surface area contributed by atoms with E-state index in [-0.39, 0.29) is 24.0 Å². The Balaban J connectivity index is 0. The average Bonchev–Trinajstić information content (AvgIpc) is 1.38. The fourth-order valence-electron chi connectivity index (χ4n) is 0. The summed E-state index contributed by atoms with van der Waals surface area (Å²) in [4.78, 5) is 0. The summed E-state index contributed by atoms with van der Waals surface area (Å²) >= 11 is 1.53. The second kappa shape index (κ2) is 6.27. The third-order valence-corrected chi connectivity index (χ3v) is 1.26. The van der Waals surface area contributed by atoms with Gasteiger partial charge in [-0.25, -0.2) is 0 Å². The zero-order chi connectivity index (χ0) is 4.28. The molecule has 0 N–H and O–H groups in total. The molecule has 0 aromatic heterocycles. The Hall–Kier alpha value is 1.27. The van der Waals surface area contributed by atoms with Crippen LogP contribution < -0.4 is 0 Å². The van der Waals surface area contributed by atoms with Crippen molar-refractivity contribution in [3.05, 3.63) is 9.67 Å². The molecule has 0 atom stereocenters. The third kappa shape index (κ3) is 8.99. The van der Waals surface area contributed by atoms with Gasteiger partial charge in [-0.1, -0.05) is 0 Å². The van der Waals surface area contributed by atoms with Crippen LogP contribution in [0.4, 0.5) is 0 Å². The normalized spacial score (nSPS) is 10.2. The maximum absolute atomic E-state index is 2.12. The van der Waals surface area contributed by atoms with Crippen LogP contribution in [-0.4, -0.2) is 22.5 Å². The maximum atomic E-state index is 2.12. The van der Waals surface area contributed by atoms with E-state index in [1.165, 1.54) is 26.1 Å². The summed E-state index contributed by atoms with van der Waals surface area (Å²) < 4.78 is 1.47. The minimum absolute atomic E-state index is 0. The second-order valence-electron chi connectivity index (χ2n) is 0.972. The van der Waals surface area contributed by atoms with Gasteiger partial charge in [-0.15, -0.1) is 24.0 Å². The van der Waals surface area contributed by atoms with E-state index in [9.17, 15) is 0 Å². The summed E-state index contributed by atoms with van der Waals surface area (Å²) in [6.07, 6.45) is 2.12. The first-order valence-corrected chi connectivity index (χ1v) is 3.04. The molecule has 6 heavy (non-hydrogen) atoms. The Morgan fingerprint density at radius 2 is 1.83 bits per heavy atom. The van der Waals surface area contributed by atoms with Gasteiger partial charge in [0.05, 0.1) is 0 Å². The van der Waals surface area contributed by atoms with Crippen molar-refractivity contribution in [1.29, 1.82) is 0 Å². The molecule has 0 bridgehead atoms. The second-order valence-corrected chi connectivity index (χ2v) is 3.22. The molecule has 0 nitrogen and oxygen atoms in total. The average molecular weight is 302 g/mol. The van der Waals surface area contributed by atoms with Crippen LogP contribution in [0.25, 0.3) is 0 Å². The van der Waals surface area contributed by atoms with Crippen molar-refractivity contribution >= 4 is 46.5 Å². The van der Waals surface area contributed by atoms with Crippen LogP contribution in [0.1, 0.15) is 13.8 Å². The number of hydrogen-bond donors (Lipinski definition) is 0. The van der Waals surface area contributed by atoms with Gasteiger partial charge in [-0.2, -0.15) is 0 Å². The van der Waals surface area contributed by atoms with Crippen molar-refractivity contribution in [2.24, 2.45) is 0 Å². The summed E-state index contributed by atoms with van der Waals surface area (Å²) in [5.74, 6) is 0. The molecule has 0 aromatic carbocycles. The molecule has 0 aliphatic heterocycles. The van der Waals surface area contributed by atoms with Crippen LogP contribution in [0.2, 0.25) is 0 Å². The first kappa shape index (κ1) is 10.3. The van der Waals surface area contributed by atoms with Gasteiger partial charge < -0.3 is 0 Å². The van der Waals surface area contributed by atoms with Gasteiger partial charge in [0.25, 0.3) is 0 Å². The molecule has 0 saturated heterocycles. The van der Waals surface area contributed by atoms with E-state index in [4.69, 9.17) is 0 Å². The van der Waals surface area contributed by atoms with Crippen LogP contribution in [0.15, 0.2) is 9.67 Å². The summed E-state index contributed by atoms with van der Waals surface area (Å²) in [5, 5.41) is 0. The summed E-state index contributed by atoms with van der Waals surface area (Å²) in [6, 6.07) is 0. The molecular weight excluding hydrogens is 294 g/mol. The monoisotopic (exact) mass is 303 g/mol. The largest absolute Gasteiger partial charge is 0.107 e. The van der Waals surface area contributed by atoms with Gasteiger partial charge >= 0.3 is 46.0 Å². The first-order chi connectivity index (χ1) is 2.27. The van der Waals surface area contributed by atoms with Crippen molar-refractivity contribution in [3.63, 3.8) is 0 Å². The van der Waals surface area contributed by atoms with Crippen molar-refractivity contribution < 1.29 is 0 Å². The Morgan fingerprint density at radius 3 is 1.83 bits per heavy atom. The van der Waals surface area contributed by atoms with E-state index < -0.39 is 0 Å². The summed E-state index contributed by atoms with van der Waals surface area (Å²) in [7, 11) is 0. The minimum Gasteiger partial charge on any atom is -0.107 e. The Bertz CT molecular complexity index is 45.5. The predicted octanol–water partition coefficient (Wildman–Crippen LogP) is 1.70. The quantitative estimate of drug-likeness (QED) is 0.472. The molecule has 0 aliphatic rings. The van der Waals surface area contributed by atoms with Gasteiger partial charge in [0, 0.05) is 0 Å². The molecule has 0 rings (SSSR count).